The molecule has 0 aromatic heterocycles. The van der Waals surface area contributed by atoms with E-state index in [9.17, 15) is 4.79 Å². The Hall–Kier alpha value is -0.870. The van der Waals surface area contributed by atoms with Crippen LogP contribution < -0.4 is 0 Å². The van der Waals surface area contributed by atoms with E-state index in [0.29, 0.717) is 11.8 Å². The van der Waals surface area contributed by atoms with Crippen LogP contribution in [0.3, 0.4) is 0 Å². The van der Waals surface area contributed by atoms with Gasteiger partial charge >= 0.3 is 0 Å². The van der Waals surface area contributed by atoms with Gasteiger partial charge in [0.25, 0.3) is 0 Å². The minimum absolute atomic E-state index is 0.218. The number of allylic oxidation sites excluding steroid dienone is 2. The van der Waals surface area contributed by atoms with Gasteiger partial charge in [0.15, 0.2) is 0 Å². The fourth-order valence-corrected chi connectivity index (χ4v) is 4.10. The third kappa shape index (κ3) is 2.88. The van der Waals surface area contributed by atoms with Crippen molar-refractivity contribution in [3.8, 4) is 0 Å². The second-order valence-electron chi connectivity index (χ2n) is 7.00. The molecule has 0 N–H and O–H groups in total. The first-order valence-corrected chi connectivity index (χ1v) is 8.37. The van der Waals surface area contributed by atoms with Crippen LogP contribution in [0.5, 0.6) is 0 Å². The van der Waals surface area contributed by atoms with Crippen LogP contribution in [0.25, 0.3) is 0 Å². The molecule has 1 aliphatic carbocycles. The predicted octanol–water partition coefficient (Wildman–Crippen LogP) is 1.91. The van der Waals surface area contributed by atoms with E-state index < -0.39 is 0 Å². The molecule has 1 amide bonds. The maximum absolute atomic E-state index is 12.5. The molecule has 3 aliphatic rings. The normalized spacial score (nSPS) is 29.0. The molecule has 4 heteroatoms. The van der Waals surface area contributed by atoms with Gasteiger partial charge in [-0.1, -0.05) is 12.2 Å². The van der Waals surface area contributed by atoms with Crippen molar-refractivity contribution in [1.29, 1.82) is 0 Å². The van der Waals surface area contributed by atoms with E-state index in [1.807, 2.05) is 0 Å². The molecule has 0 aromatic carbocycles. The molecule has 0 radical (unpaired) electrons. The summed E-state index contributed by atoms with van der Waals surface area (Å²) in [7, 11) is 2.22. The van der Waals surface area contributed by atoms with Crippen LogP contribution in [0.15, 0.2) is 12.2 Å². The Morgan fingerprint density at radius 1 is 1.33 bits per heavy atom. The lowest BCUT2D eigenvalue weighted by Gasteiger charge is -2.59. The van der Waals surface area contributed by atoms with E-state index in [-0.39, 0.29) is 11.5 Å². The summed E-state index contributed by atoms with van der Waals surface area (Å²) in [6, 6.07) is 0. The molecule has 1 unspecified atom stereocenters. The Bertz CT molecular complexity index is 405. The van der Waals surface area contributed by atoms with Crippen LogP contribution in [0.2, 0.25) is 0 Å². The molecule has 1 spiro atoms. The molecule has 2 saturated heterocycles. The highest BCUT2D eigenvalue weighted by Crippen LogP contribution is 2.39. The fourth-order valence-electron chi connectivity index (χ4n) is 4.10. The van der Waals surface area contributed by atoms with Crippen molar-refractivity contribution in [3.05, 3.63) is 12.2 Å². The van der Waals surface area contributed by atoms with E-state index in [1.165, 1.54) is 12.8 Å². The smallest absolute Gasteiger partial charge is 0.226 e. The largest absolute Gasteiger partial charge is 0.381 e. The van der Waals surface area contributed by atoms with Crippen molar-refractivity contribution in [1.82, 2.24) is 9.80 Å². The Labute approximate surface area is 128 Å². The minimum Gasteiger partial charge on any atom is -0.381 e. The number of amides is 1. The van der Waals surface area contributed by atoms with Crippen LogP contribution in [0.4, 0.5) is 0 Å². The average molecular weight is 292 g/mol. The molecule has 3 rings (SSSR count). The molecule has 4 nitrogen and oxygen atoms in total. The van der Waals surface area contributed by atoms with Gasteiger partial charge in [0.2, 0.25) is 5.91 Å². The Balaban J connectivity index is 1.54. The Kier molecular flexibility index (Phi) is 4.36. The van der Waals surface area contributed by atoms with E-state index in [1.54, 1.807) is 0 Å². The van der Waals surface area contributed by atoms with Crippen molar-refractivity contribution in [2.24, 2.45) is 11.8 Å². The number of ether oxygens (including phenoxy) is 1. The molecule has 2 heterocycles. The minimum atomic E-state index is 0.218. The predicted molar refractivity (Wildman–Crippen MR) is 83.0 cm³/mol. The quantitative estimate of drug-likeness (QED) is 0.742. The monoisotopic (exact) mass is 292 g/mol. The van der Waals surface area contributed by atoms with Crippen LogP contribution in [-0.4, -0.2) is 61.1 Å². The molecule has 21 heavy (non-hydrogen) atoms. The molecule has 0 saturated carbocycles. The summed E-state index contributed by atoms with van der Waals surface area (Å²) in [5.74, 6) is 1.24. The van der Waals surface area contributed by atoms with Crippen LogP contribution in [-0.2, 0) is 9.53 Å². The van der Waals surface area contributed by atoms with Crippen LogP contribution >= 0.6 is 0 Å². The topological polar surface area (TPSA) is 32.8 Å². The SMILES string of the molecule is CCOCC1CCN(C)C2(C1)CN(C(=O)C1CC=CC1)C2. The number of likely N-dealkylation sites (N-methyl/N-ethyl adjacent to an activating group) is 1. The first-order chi connectivity index (χ1) is 10.1. The summed E-state index contributed by atoms with van der Waals surface area (Å²) in [6.45, 7) is 6.71. The zero-order valence-corrected chi connectivity index (χ0v) is 13.4. The lowest BCUT2D eigenvalue weighted by atomic mass is 9.75. The van der Waals surface area contributed by atoms with Gasteiger partial charge in [-0.05, 0) is 52.1 Å². The molecule has 118 valence electrons. The second-order valence-corrected chi connectivity index (χ2v) is 7.00. The molecule has 2 aliphatic heterocycles. The number of likely N-dealkylation sites (tertiary alicyclic amines) is 2. The van der Waals surface area contributed by atoms with Gasteiger partial charge in [0, 0.05) is 32.2 Å². The summed E-state index contributed by atoms with van der Waals surface area (Å²) in [5.41, 5.74) is 0.224. The van der Waals surface area contributed by atoms with Gasteiger partial charge in [-0.3, -0.25) is 9.69 Å². The number of piperidine rings is 1. The van der Waals surface area contributed by atoms with E-state index >= 15 is 0 Å². The van der Waals surface area contributed by atoms with Crippen molar-refractivity contribution in [2.45, 2.75) is 38.1 Å². The number of hydrogen-bond donors (Lipinski definition) is 0. The molecular weight excluding hydrogens is 264 g/mol. The zero-order chi connectivity index (χ0) is 14.9. The number of carbonyl (C=O) groups is 1. The average Bonchev–Trinajstić information content (AvgIpc) is 2.97. The molecule has 2 fully saturated rings. The lowest BCUT2D eigenvalue weighted by Crippen LogP contribution is -2.73. The van der Waals surface area contributed by atoms with Gasteiger partial charge in [0.1, 0.15) is 0 Å². The third-order valence-electron chi connectivity index (χ3n) is 5.55. The summed E-state index contributed by atoms with van der Waals surface area (Å²) in [5, 5.41) is 0. The van der Waals surface area contributed by atoms with Gasteiger partial charge in [0.05, 0.1) is 5.54 Å². The number of rotatable bonds is 4. The van der Waals surface area contributed by atoms with Crippen LogP contribution in [0, 0.1) is 11.8 Å². The highest BCUT2D eigenvalue weighted by atomic mass is 16.5. The first-order valence-electron chi connectivity index (χ1n) is 8.37. The summed E-state index contributed by atoms with van der Waals surface area (Å²) in [4.78, 5) is 17.0. The Morgan fingerprint density at radius 3 is 2.71 bits per heavy atom. The summed E-state index contributed by atoms with van der Waals surface area (Å²) >= 11 is 0. The van der Waals surface area contributed by atoms with Crippen molar-refractivity contribution in [2.75, 3.05) is 39.9 Å². The number of carbonyl (C=O) groups excluding carboxylic acids is 1. The van der Waals surface area contributed by atoms with Gasteiger partial charge < -0.3 is 9.64 Å². The molecule has 1 atom stereocenters. The van der Waals surface area contributed by atoms with Gasteiger partial charge in [-0.15, -0.1) is 0 Å². The van der Waals surface area contributed by atoms with Crippen LogP contribution in [0.1, 0.15) is 32.6 Å². The maximum atomic E-state index is 12.5. The fraction of sp³-hybridized carbons (Fsp3) is 0.824. The highest BCUT2D eigenvalue weighted by molar-refractivity contribution is 5.81. The first kappa shape index (κ1) is 15.0. The lowest BCUT2D eigenvalue weighted by molar-refractivity contribution is -0.155. The molecular formula is C17H28N2O2. The summed E-state index contributed by atoms with van der Waals surface area (Å²) < 4.78 is 5.62. The third-order valence-corrected chi connectivity index (χ3v) is 5.55. The standard InChI is InChI=1S/C17H28N2O2/c1-3-21-11-14-8-9-18(2)17(10-14)12-19(13-17)16(20)15-6-4-5-7-15/h4-5,14-15H,3,6-13H2,1-2H3. The number of nitrogens with zero attached hydrogens (tertiary/aromatic N) is 2. The van der Waals surface area contributed by atoms with Crippen molar-refractivity contribution in [3.63, 3.8) is 0 Å². The highest BCUT2D eigenvalue weighted by Gasteiger charge is 2.51. The zero-order valence-electron chi connectivity index (χ0n) is 13.4. The molecule has 0 bridgehead atoms. The van der Waals surface area contributed by atoms with Gasteiger partial charge in [-0.25, -0.2) is 0 Å². The Morgan fingerprint density at radius 2 is 2.05 bits per heavy atom. The summed E-state index contributed by atoms with van der Waals surface area (Å²) in [6.07, 6.45) is 8.55. The van der Waals surface area contributed by atoms with Crippen molar-refractivity contribution >= 4 is 5.91 Å². The number of hydrogen-bond acceptors (Lipinski definition) is 3. The molecule has 0 aromatic rings. The maximum Gasteiger partial charge on any atom is 0.226 e. The van der Waals surface area contributed by atoms with Gasteiger partial charge in [-0.2, -0.15) is 0 Å². The van der Waals surface area contributed by atoms with E-state index in [4.69, 9.17) is 4.74 Å². The van der Waals surface area contributed by atoms with E-state index in [2.05, 4.69) is 35.9 Å². The second kappa shape index (κ2) is 6.09. The van der Waals surface area contributed by atoms with E-state index in [0.717, 1.165) is 45.7 Å². The van der Waals surface area contributed by atoms with Crippen molar-refractivity contribution < 1.29 is 9.53 Å².